The Morgan fingerprint density at radius 1 is 1.39 bits per heavy atom. The predicted octanol–water partition coefficient (Wildman–Crippen LogP) is 1.62. The van der Waals surface area contributed by atoms with Crippen molar-refractivity contribution < 1.29 is 0 Å². The third-order valence-electron chi connectivity index (χ3n) is 2.42. The number of anilines is 1. The second kappa shape index (κ2) is 5.86. The van der Waals surface area contributed by atoms with Crippen LogP contribution in [0.5, 0.6) is 0 Å². The summed E-state index contributed by atoms with van der Waals surface area (Å²) < 4.78 is 1.86. The molecule has 18 heavy (non-hydrogen) atoms. The van der Waals surface area contributed by atoms with Crippen molar-refractivity contribution in [2.45, 2.75) is 13.5 Å². The molecule has 5 nitrogen and oxygen atoms in total. The molecule has 0 radical (unpaired) electrons. The Morgan fingerprint density at radius 3 is 2.83 bits per heavy atom. The number of benzene rings is 1. The fourth-order valence-electron chi connectivity index (χ4n) is 1.57. The average molecular weight is 243 g/mol. The average Bonchev–Trinajstić information content (AvgIpc) is 2.76. The monoisotopic (exact) mass is 243 g/mol. The molecule has 0 atom stereocenters. The van der Waals surface area contributed by atoms with E-state index in [0.29, 0.717) is 12.5 Å². The zero-order valence-electron chi connectivity index (χ0n) is 10.4. The molecule has 0 unspecified atom stereocenters. The smallest absolute Gasteiger partial charge is 0.193 e. The van der Waals surface area contributed by atoms with E-state index in [2.05, 4.69) is 15.4 Å². The number of para-hydroxylation sites is 1. The highest BCUT2D eigenvalue weighted by Crippen LogP contribution is 2.03. The minimum Gasteiger partial charge on any atom is -0.370 e. The van der Waals surface area contributed by atoms with E-state index >= 15 is 0 Å². The maximum Gasteiger partial charge on any atom is 0.193 e. The first-order chi connectivity index (χ1) is 8.74. The fraction of sp³-hybridized carbons (Fsp3) is 0.231. The van der Waals surface area contributed by atoms with Crippen LogP contribution in [0.15, 0.2) is 47.7 Å². The number of nitrogens with one attached hydrogen (secondary N) is 1. The van der Waals surface area contributed by atoms with Crippen LogP contribution in [-0.2, 0) is 6.54 Å². The number of nitrogens with two attached hydrogens (primary N) is 1. The summed E-state index contributed by atoms with van der Waals surface area (Å²) >= 11 is 0. The predicted molar refractivity (Wildman–Crippen MR) is 73.5 cm³/mol. The van der Waals surface area contributed by atoms with Gasteiger partial charge in [0.25, 0.3) is 0 Å². The van der Waals surface area contributed by atoms with Gasteiger partial charge in [0.1, 0.15) is 0 Å². The summed E-state index contributed by atoms with van der Waals surface area (Å²) in [6.07, 6.45) is 3.81. The summed E-state index contributed by atoms with van der Waals surface area (Å²) in [5, 5.41) is 7.21. The summed E-state index contributed by atoms with van der Waals surface area (Å²) in [7, 11) is 0. The molecule has 2 rings (SSSR count). The van der Waals surface area contributed by atoms with E-state index in [1.54, 1.807) is 0 Å². The largest absolute Gasteiger partial charge is 0.370 e. The zero-order chi connectivity index (χ0) is 12.8. The van der Waals surface area contributed by atoms with Gasteiger partial charge in [0.2, 0.25) is 0 Å². The van der Waals surface area contributed by atoms with Crippen LogP contribution in [0.25, 0.3) is 0 Å². The minimum absolute atomic E-state index is 0.421. The van der Waals surface area contributed by atoms with Crippen molar-refractivity contribution >= 4 is 11.6 Å². The van der Waals surface area contributed by atoms with E-state index in [1.807, 2.05) is 54.3 Å². The molecule has 0 saturated heterocycles. The highest BCUT2D eigenvalue weighted by molar-refractivity contribution is 5.92. The lowest BCUT2D eigenvalue weighted by atomic mass is 10.3. The lowest BCUT2D eigenvalue weighted by molar-refractivity contribution is 0.625. The maximum absolute atomic E-state index is 5.78. The van der Waals surface area contributed by atoms with Gasteiger partial charge in [-0.25, -0.2) is 0 Å². The van der Waals surface area contributed by atoms with Gasteiger partial charge in [0, 0.05) is 11.9 Å². The Bertz CT molecular complexity index is 515. The molecule has 1 aromatic heterocycles. The first kappa shape index (κ1) is 12.2. The summed E-state index contributed by atoms with van der Waals surface area (Å²) in [6, 6.07) is 9.74. The van der Waals surface area contributed by atoms with Crippen LogP contribution in [0.1, 0.15) is 5.56 Å². The standard InChI is InChI=1S/C13H17N5/c1-11-9-16-18(10-11)8-7-15-13(14)17-12-5-3-2-4-6-12/h2-6,9-10H,7-8H2,1H3,(H3,14,15,17). The SMILES string of the molecule is Cc1cnn(CCN=C(N)Nc2ccccc2)c1. The molecule has 5 heteroatoms. The van der Waals surface area contributed by atoms with Crippen molar-refractivity contribution in [1.29, 1.82) is 0 Å². The van der Waals surface area contributed by atoms with Gasteiger partial charge in [-0.05, 0) is 24.6 Å². The summed E-state index contributed by atoms with van der Waals surface area (Å²) in [6.45, 7) is 3.34. The molecule has 0 aliphatic heterocycles. The van der Waals surface area contributed by atoms with Gasteiger partial charge in [-0.3, -0.25) is 9.67 Å². The third-order valence-corrected chi connectivity index (χ3v) is 2.42. The van der Waals surface area contributed by atoms with E-state index in [4.69, 9.17) is 5.73 Å². The van der Waals surface area contributed by atoms with E-state index in [1.165, 1.54) is 0 Å². The number of rotatable bonds is 4. The molecule has 2 aromatic rings. The summed E-state index contributed by atoms with van der Waals surface area (Å²) in [5.41, 5.74) is 7.87. The molecule has 0 fully saturated rings. The molecule has 94 valence electrons. The molecule has 0 bridgehead atoms. The first-order valence-electron chi connectivity index (χ1n) is 5.85. The lowest BCUT2D eigenvalue weighted by Crippen LogP contribution is -2.23. The van der Waals surface area contributed by atoms with Crippen molar-refractivity contribution in [3.8, 4) is 0 Å². The van der Waals surface area contributed by atoms with Gasteiger partial charge in [-0.2, -0.15) is 5.10 Å². The number of nitrogens with zero attached hydrogens (tertiary/aromatic N) is 3. The van der Waals surface area contributed by atoms with Crippen LogP contribution in [0, 0.1) is 6.92 Å². The molecule has 0 saturated carbocycles. The molecular weight excluding hydrogens is 226 g/mol. The topological polar surface area (TPSA) is 68.2 Å². The summed E-state index contributed by atoms with van der Waals surface area (Å²) in [5.74, 6) is 0.421. The van der Waals surface area contributed by atoms with Crippen molar-refractivity contribution in [1.82, 2.24) is 9.78 Å². The van der Waals surface area contributed by atoms with E-state index < -0.39 is 0 Å². The quantitative estimate of drug-likeness (QED) is 0.633. The van der Waals surface area contributed by atoms with Gasteiger partial charge < -0.3 is 11.1 Å². The van der Waals surface area contributed by atoms with Crippen LogP contribution >= 0.6 is 0 Å². The molecule has 0 spiro atoms. The highest BCUT2D eigenvalue weighted by atomic mass is 15.3. The van der Waals surface area contributed by atoms with Crippen LogP contribution in [0.4, 0.5) is 5.69 Å². The number of hydrogen-bond acceptors (Lipinski definition) is 2. The van der Waals surface area contributed by atoms with E-state index in [9.17, 15) is 0 Å². The molecule has 1 aromatic carbocycles. The van der Waals surface area contributed by atoms with Crippen molar-refractivity contribution in [3.05, 3.63) is 48.3 Å². The van der Waals surface area contributed by atoms with Gasteiger partial charge in [-0.1, -0.05) is 18.2 Å². The Kier molecular flexibility index (Phi) is 3.96. The Balaban J connectivity index is 1.82. The molecular formula is C13H17N5. The molecule has 3 N–H and O–H groups in total. The van der Waals surface area contributed by atoms with E-state index in [-0.39, 0.29) is 0 Å². The van der Waals surface area contributed by atoms with Crippen LogP contribution in [-0.4, -0.2) is 22.3 Å². The molecule has 0 amide bonds. The van der Waals surface area contributed by atoms with Crippen molar-refractivity contribution in [3.63, 3.8) is 0 Å². The van der Waals surface area contributed by atoms with Gasteiger partial charge in [0.05, 0.1) is 19.3 Å². The Hall–Kier alpha value is -2.30. The fourth-order valence-corrected chi connectivity index (χ4v) is 1.57. The number of hydrogen-bond donors (Lipinski definition) is 2. The maximum atomic E-state index is 5.78. The number of aromatic nitrogens is 2. The van der Waals surface area contributed by atoms with Crippen LogP contribution in [0.2, 0.25) is 0 Å². The number of aryl methyl sites for hydroxylation is 1. The second-order valence-corrected chi connectivity index (χ2v) is 4.04. The zero-order valence-corrected chi connectivity index (χ0v) is 10.4. The number of aliphatic imine (C=N–C) groups is 1. The third kappa shape index (κ3) is 3.62. The lowest BCUT2D eigenvalue weighted by Gasteiger charge is -2.05. The van der Waals surface area contributed by atoms with Gasteiger partial charge in [0.15, 0.2) is 5.96 Å². The second-order valence-electron chi connectivity index (χ2n) is 4.04. The van der Waals surface area contributed by atoms with Crippen LogP contribution in [0.3, 0.4) is 0 Å². The van der Waals surface area contributed by atoms with Crippen molar-refractivity contribution in [2.75, 3.05) is 11.9 Å². The Labute approximate surface area is 106 Å². The normalized spacial score (nSPS) is 11.5. The van der Waals surface area contributed by atoms with Crippen LogP contribution < -0.4 is 11.1 Å². The molecule has 1 heterocycles. The highest BCUT2D eigenvalue weighted by Gasteiger charge is 1.95. The van der Waals surface area contributed by atoms with Gasteiger partial charge in [-0.15, -0.1) is 0 Å². The summed E-state index contributed by atoms with van der Waals surface area (Å²) in [4.78, 5) is 4.25. The molecule has 0 aliphatic rings. The first-order valence-corrected chi connectivity index (χ1v) is 5.85. The molecule has 0 aliphatic carbocycles. The van der Waals surface area contributed by atoms with Gasteiger partial charge >= 0.3 is 0 Å². The minimum atomic E-state index is 0.421. The van der Waals surface area contributed by atoms with Crippen molar-refractivity contribution in [2.24, 2.45) is 10.7 Å². The Morgan fingerprint density at radius 2 is 2.17 bits per heavy atom. The number of guanidine groups is 1. The van der Waals surface area contributed by atoms with E-state index in [0.717, 1.165) is 17.8 Å².